The largest absolute Gasteiger partial charge is 0.310 e. The Labute approximate surface area is 132 Å². The lowest BCUT2D eigenvalue weighted by molar-refractivity contribution is 0.307. The molecule has 3 heteroatoms. The van der Waals surface area contributed by atoms with Crippen molar-refractivity contribution in [1.82, 2.24) is 10.2 Å². The molecule has 2 atom stereocenters. The molecular formula is C17H27BrN2. The second-order valence-electron chi connectivity index (χ2n) is 6.63. The molecule has 1 aliphatic rings. The van der Waals surface area contributed by atoms with Crippen molar-refractivity contribution in [2.24, 2.45) is 11.8 Å². The van der Waals surface area contributed by atoms with Gasteiger partial charge in [0.15, 0.2) is 0 Å². The molecule has 1 N–H and O–H groups in total. The van der Waals surface area contributed by atoms with Crippen LogP contribution in [-0.4, -0.2) is 24.5 Å². The summed E-state index contributed by atoms with van der Waals surface area (Å²) in [4.78, 5) is 2.44. The summed E-state index contributed by atoms with van der Waals surface area (Å²) in [7, 11) is 2.23. The molecule has 2 rings (SSSR count). The van der Waals surface area contributed by atoms with Crippen molar-refractivity contribution >= 4 is 15.9 Å². The highest BCUT2D eigenvalue weighted by atomic mass is 79.9. The van der Waals surface area contributed by atoms with E-state index in [0.717, 1.165) is 24.9 Å². The predicted molar refractivity (Wildman–Crippen MR) is 89.7 cm³/mol. The van der Waals surface area contributed by atoms with Crippen molar-refractivity contribution in [1.29, 1.82) is 0 Å². The van der Waals surface area contributed by atoms with Crippen molar-refractivity contribution in [2.45, 2.75) is 46.3 Å². The van der Waals surface area contributed by atoms with Gasteiger partial charge in [0, 0.05) is 30.1 Å². The minimum Gasteiger partial charge on any atom is -0.310 e. The third-order valence-corrected chi connectivity index (χ3v) is 4.83. The first-order chi connectivity index (χ1) is 9.45. The lowest BCUT2D eigenvalue weighted by Gasteiger charge is -2.18. The maximum atomic E-state index is 3.72. The Morgan fingerprint density at radius 1 is 1.40 bits per heavy atom. The molecule has 1 aromatic carbocycles. The molecule has 0 radical (unpaired) electrons. The van der Waals surface area contributed by atoms with Crippen LogP contribution in [0.4, 0.5) is 0 Å². The molecule has 0 spiro atoms. The fourth-order valence-corrected chi connectivity index (χ4v) is 3.11. The molecule has 0 heterocycles. The fraction of sp³-hybridized carbons (Fsp3) is 0.647. The molecule has 112 valence electrons. The summed E-state index contributed by atoms with van der Waals surface area (Å²) in [5.41, 5.74) is 2.72. The van der Waals surface area contributed by atoms with Gasteiger partial charge in [0.25, 0.3) is 0 Å². The highest BCUT2D eigenvalue weighted by molar-refractivity contribution is 9.10. The van der Waals surface area contributed by atoms with Gasteiger partial charge in [-0.05, 0) is 42.5 Å². The number of nitrogens with one attached hydrogen (secondary N) is 1. The predicted octanol–water partition coefficient (Wildman–Crippen LogP) is 4.03. The molecule has 0 amide bonds. The average Bonchev–Trinajstić information content (AvgIpc) is 3.05. The third kappa shape index (κ3) is 4.87. The molecule has 2 unspecified atom stereocenters. The zero-order valence-electron chi connectivity index (χ0n) is 13.1. The zero-order valence-corrected chi connectivity index (χ0v) is 14.7. The normalized spacial score (nSPS) is 21.8. The minimum atomic E-state index is 0.528. The van der Waals surface area contributed by atoms with Crippen LogP contribution in [0.3, 0.4) is 0 Å². The van der Waals surface area contributed by atoms with Crippen molar-refractivity contribution in [3.63, 3.8) is 0 Å². The maximum Gasteiger partial charge on any atom is 0.0242 e. The van der Waals surface area contributed by atoms with Gasteiger partial charge in [-0.1, -0.05) is 48.8 Å². The van der Waals surface area contributed by atoms with Crippen LogP contribution in [0.2, 0.25) is 0 Å². The van der Waals surface area contributed by atoms with Crippen LogP contribution in [0.25, 0.3) is 0 Å². The topological polar surface area (TPSA) is 15.3 Å². The molecule has 0 saturated heterocycles. The number of hydrogen-bond acceptors (Lipinski definition) is 2. The standard InChI is InChI=1S/C17H27BrN2/c1-12(2)19-9-14-5-6-15(17(18)8-14)10-20(4)11-16-7-13(16)3/h5-6,8,12-13,16,19H,7,9-11H2,1-4H3. The quantitative estimate of drug-likeness (QED) is 0.807. The second-order valence-corrected chi connectivity index (χ2v) is 7.49. The van der Waals surface area contributed by atoms with Crippen LogP contribution >= 0.6 is 15.9 Å². The van der Waals surface area contributed by atoms with Gasteiger partial charge in [0.1, 0.15) is 0 Å². The first kappa shape index (κ1) is 16.0. The summed E-state index contributed by atoms with van der Waals surface area (Å²) in [5.74, 6) is 1.86. The average molecular weight is 339 g/mol. The van der Waals surface area contributed by atoms with Crippen LogP contribution < -0.4 is 5.32 Å². The van der Waals surface area contributed by atoms with Gasteiger partial charge >= 0.3 is 0 Å². The van der Waals surface area contributed by atoms with Gasteiger partial charge in [-0.25, -0.2) is 0 Å². The van der Waals surface area contributed by atoms with Crippen LogP contribution in [0.15, 0.2) is 22.7 Å². The molecule has 1 saturated carbocycles. The Kier molecular flexibility index (Phi) is 5.65. The van der Waals surface area contributed by atoms with Crippen molar-refractivity contribution in [3.05, 3.63) is 33.8 Å². The van der Waals surface area contributed by atoms with E-state index < -0.39 is 0 Å². The van der Waals surface area contributed by atoms with Crippen molar-refractivity contribution < 1.29 is 0 Å². The van der Waals surface area contributed by atoms with E-state index in [9.17, 15) is 0 Å². The van der Waals surface area contributed by atoms with Gasteiger partial charge < -0.3 is 10.2 Å². The van der Waals surface area contributed by atoms with Crippen LogP contribution in [0, 0.1) is 11.8 Å². The van der Waals surface area contributed by atoms with E-state index in [1.54, 1.807) is 0 Å². The van der Waals surface area contributed by atoms with E-state index in [0.29, 0.717) is 6.04 Å². The third-order valence-electron chi connectivity index (χ3n) is 4.09. The van der Waals surface area contributed by atoms with Crippen molar-refractivity contribution in [3.8, 4) is 0 Å². The number of hydrogen-bond donors (Lipinski definition) is 1. The first-order valence-corrected chi connectivity index (χ1v) is 8.44. The molecule has 1 aromatic rings. The molecular weight excluding hydrogens is 312 g/mol. The van der Waals surface area contributed by atoms with Gasteiger partial charge in [0.05, 0.1) is 0 Å². The highest BCUT2D eigenvalue weighted by Gasteiger charge is 2.33. The van der Waals surface area contributed by atoms with E-state index in [-0.39, 0.29) is 0 Å². The Morgan fingerprint density at radius 2 is 2.10 bits per heavy atom. The molecule has 2 nitrogen and oxygen atoms in total. The first-order valence-electron chi connectivity index (χ1n) is 7.65. The second kappa shape index (κ2) is 7.06. The van der Waals surface area contributed by atoms with Crippen LogP contribution in [0.1, 0.15) is 38.3 Å². The smallest absolute Gasteiger partial charge is 0.0242 e. The van der Waals surface area contributed by atoms with E-state index >= 15 is 0 Å². The molecule has 20 heavy (non-hydrogen) atoms. The Balaban J connectivity index is 1.88. The van der Waals surface area contributed by atoms with E-state index in [1.807, 2.05) is 0 Å². The molecule has 1 fully saturated rings. The fourth-order valence-electron chi connectivity index (χ4n) is 2.56. The van der Waals surface area contributed by atoms with E-state index in [1.165, 1.54) is 28.6 Å². The lowest BCUT2D eigenvalue weighted by Crippen LogP contribution is -2.22. The Morgan fingerprint density at radius 3 is 2.65 bits per heavy atom. The summed E-state index contributed by atoms with van der Waals surface area (Å²) in [6, 6.07) is 7.27. The molecule has 1 aliphatic carbocycles. The van der Waals surface area contributed by atoms with Gasteiger partial charge in [-0.3, -0.25) is 0 Å². The Bertz CT molecular complexity index is 445. The summed E-state index contributed by atoms with van der Waals surface area (Å²) in [5, 5.41) is 3.46. The van der Waals surface area contributed by atoms with E-state index in [4.69, 9.17) is 0 Å². The van der Waals surface area contributed by atoms with E-state index in [2.05, 4.69) is 72.2 Å². The van der Waals surface area contributed by atoms with Gasteiger partial charge in [-0.2, -0.15) is 0 Å². The summed E-state index contributed by atoms with van der Waals surface area (Å²) in [6.07, 6.45) is 1.41. The molecule has 0 bridgehead atoms. The summed E-state index contributed by atoms with van der Waals surface area (Å²) < 4.78 is 1.23. The zero-order chi connectivity index (χ0) is 14.7. The number of nitrogens with zero attached hydrogens (tertiary/aromatic N) is 1. The summed E-state index contributed by atoms with van der Waals surface area (Å²) >= 11 is 3.72. The number of benzene rings is 1. The summed E-state index contributed by atoms with van der Waals surface area (Å²) in [6.45, 7) is 9.90. The lowest BCUT2D eigenvalue weighted by atomic mass is 10.1. The maximum absolute atomic E-state index is 3.72. The van der Waals surface area contributed by atoms with Crippen LogP contribution in [-0.2, 0) is 13.1 Å². The van der Waals surface area contributed by atoms with Gasteiger partial charge in [-0.15, -0.1) is 0 Å². The van der Waals surface area contributed by atoms with Crippen molar-refractivity contribution in [2.75, 3.05) is 13.6 Å². The molecule has 0 aliphatic heterocycles. The number of rotatable bonds is 7. The van der Waals surface area contributed by atoms with Crippen LogP contribution in [0.5, 0.6) is 0 Å². The molecule has 0 aromatic heterocycles. The monoisotopic (exact) mass is 338 g/mol. The Hall–Kier alpha value is -0.380. The number of halogens is 1. The van der Waals surface area contributed by atoms with Gasteiger partial charge in [0.2, 0.25) is 0 Å². The minimum absolute atomic E-state index is 0.528. The highest BCUT2D eigenvalue weighted by Crippen LogP contribution is 2.38. The SMILES string of the molecule is CC(C)NCc1ccc(CN(C)CC2CC2C)c(Br)c1.